The third kappa shape index (κ3) is 2.12. The summed E-state index contributed by atoms with van der Waals surface area (Å²) in [5.41, 5.74) is 2.31. The quantitative estimate of drug-likeness (QED) is 0.451. The van der Waals surface area contributed by atoms with E-state index in [9.17, 15) is 5.21 Å². The Labute approximate surface area is 115 Å². The van der Waals surface area contributed by atoms with Crippen LogP contribution in [0.4, 0.5) is 0 Å². The molecule has 0 bridgehead atoms. The maximum absolute atomic E-state index is 10.3. The van der Waals surface area contributed by atoms with E-state index in [2.05, 4.69) is 9.97 Å². The molecule has 1 N–H and O–H groups in total. The zero-order chi connectivity index (χ0) is 13.2. The molecule has 98 valence electrons. The van der Waals surface area contributed by atoms with Crippen LogP contribution in [0.1, 0.15) is 18.7 Å². The fourth-order valence-electron chi connectivity index (χ4n) is 2.28. The van der Waals surface area contributed by atoms with Crippen LogP contribution in [-0.2, 0) is 6.42 Å². The van der Waals surface area contributed by atoms with Crippen LogP contribution in [0.15, 0.2) is 30.5 Å². The molecule has 0 spiro atoms. The summed E-state index contributed by atoms with van der Waals surface area (Å²) in [6, 6.07) is 7.74. The lowest BCUT2D eigenvalue weighted by molar-refractivity contribution is 0.188. The van der Waals surface area contributed by atoms with Gasteiger partial charge in [-0.05, 0) is 18.9 Å². The highest BCUT2D eigenvalue weighted by Crippen LogP contribution is 2.24. The highest BCUT2D eigenvalue weighted by molar-refractivity contribution is 6.17. The van der Waals surface area contributed by atoms with Gasteiger partial charge < -0.3 is 5.21 Å². The fraction of sp³-hybridized carbons (Fsp3) is 0.286. The largest absolute Gasteiger partial charge is 0.427 e. The van der Waals surface area contributed by atoms with Crippen molar-refractivity contribution in [2.75, 3.05) is 5.88 Å². The van der Waals surface area contributed by atoms with Crippen molar-refractivity contribution in [3.63, 3.8) is 0 Å². The minimum absolute atomic E-state index is 0.635. The van der Waals surface area contributed by atoms with Gasteiger partial charge in [-0.3, -0.25) is 4.98 Å². The molecule has 19 heavy (non-hydrogen) atoms. The Morgan fingerprint density at radius 1 is 1.16 bits per heavy atom. The number of unbranched alkanes of at least 4 members (excludes halogenated alkanes) is 1. The summed E-state index contributed by atoms with van der Waals surface area (Å²) in [5.74, 6) is 1.30. The number of para-hydroxylation sites is 1. The Balaban J connectivity index is 2.12. The molecule has 0 radical (unpaired) electrons. The van der Waals surface area contributed by atoms with Gasteiger partial charge in [0.25, 0.3) is 0 Å². The molecule has 5 heteroatoms. The van der Waals surface area contributed by atoms with E-state index in [0.29, 0.717) is 18.1 Å². The molecule has 0 saturated carbocycles. The van der Waals surface area contributed by atoms with E-state index in [1.54, 1.807) is 6.20 Å². The van der Waals surface area contributed by atoms with Gasteiger partial charge in [0.1, 0.15) is 16.9 Å². The van der Waals surface area contributed by atoms with Gasteiger partial charge in [0.05, 0.1) is 11.7 Å². The molecule has 0 atom stereocenters. The molecule has 2 heterocycles. The fourth-order valence-corrected chi connectivity index (χ4v) is 2.46. The van der Waals surface area contributed by atoms with Crippen LogP contribution >= 0.6 is 11.6 Å². The van der Waals surface area contributed by atoms with E-state index in [0.717, 1.165) is 34.8 Å². The first-order valence-corrected chi connectivity index (χ1v) is 6.85. The number of benzene rings is 1. The van der Waals surface area contributed by atoms with Gasteiger partial charge >= 0.3 is 0 Å². The molecule has 0 unspecified atom stereocenters. The minimum atomic E-state index is 0.635. The van der Waals surface area contributed by atoms with Gasteiger partial charge in [0, 0.05) is 17.7 Å². The molecule has 1 aromatic carbocycles. The van der Waals surface area contributed by atoms with Gasteiger partial charge in [0.2, 0.25) is 0 Å². The summed E-state index contributed by atoms with van der Waals surface area (Å²) in [5, 5.41) is 11.2. The predicted molar refractivity (Wildman–Crippen MR) is 75.9 cm³/mol. The number of aromatic nitrogens is 3. The van der Waals surface area contributed by atoms with Crippen LogP contribution < -0.4 is 0 Å². The van der Waals surface area contributed by atoms with E-state index in [1.165, 1.54) is 4.73 Å². The summed E-state index contributed by atoms with van der Waals surface area (Å²) in [4.78, 5) is 8.79. The second kappa shape index (κ2) is 5.05. The SMILES string of the molecule is On1c(CCCCCl)nc2cnc3ccccc3c21. The number of rotatable bonds is 4. The smallest absolute Gasteiger partial charge is 0.146 e. The van der Waals surface area contributed by atoms with Crippen LogP contribution in [0.2, 0.25) is 0 Å². The lowest BCUT2D eigenvalue weighted by atomic mass is 10.2. The van der Waals surface area contributed by atoms with E-state index < -0.39 is 0 Å². The number of pyridine rings is 1. The number of aryl methyl sites for hydroxylation is 1. The molecule has 0 aliphatic heterocycles. The van der Waals surface area contributed by atoms with Crippen LogP contribution in [0.25, 0.3) is 21.9 Å². The van der Waals surface area contributed by atoms with Crippen molar-refractivity contribution < 1.29 is 5.21 Å². The van der Waals surface area contributed by atoms with Gasteiger partial charge in [0.15, 0.2) is 0 Å². The average Bonchev–Trinajstić information content (AvgIpc) is 2.76. The highest BCUT2D eigenvalue weighted by Gasteiger charge is 2.13. The van der Waals surface area contributed by atoms with Crippen molar-refractivity contribution in [2.45, 2.75) is 19.3 Å². The number of halogens is 1. The zero-order valence-corrected chi connectivity index (χ0v) is 11.1. The lowest BCUT2D eigenvalue weighted by Crippen LogP contribution is -1.99. The third-order valence-electron chi connectivity index (χ3n) is 3.22. The Bertz CT molecular complexity index is 723. The van der Waals surface area contributed by atoms with E-state index in [-0.39, 0.29) is 0 Å². The summed E-state index contributed by atoms with van der Waals surface area (Å²) in [7, 11) is 0. The Hall–Kier alpha value is -1.81. The van der Waals surface area contributed by atoms with Crippen LogP contribution in [-0.4, -0.2) is 25.8 Å². The minimum Gasteiger partial charge on any atom is -0.427 e. The first kappa shape index (κ1) is 12.2. The van der Waals surface area contributed by atoms with Gasteiger partial charge in [-0.25, -0.2) is 4.98 Å². The summed E-state index contributed by atoms with van der Waals surface area (Å²) in [6.45, 7) is 0. The van der Waals surface area contributed by atoms with E-state index >= 15 is 0 Å². The van der Waals surface area contributed by atoms with Crippen LogP contribution in [0.3, 0.4) is 0 Å². The maximum Gasteiger partial charge on any atom is 0.146 e. The topological polar surface area (TPSA) is 50.9 Å². The monoisotopic (exact) mass is 275 g/mol. The van der Waals surface area contributed by atoms with Crippen molar-refractivity contribution in [1.29, 1.82) is 0 Å². The second-order valence-electron chi connectivity index (χ2n) is 4.50. The first-order valence-electron chi connectivity index (χ1n) is 6.31. The number of fused-ring (bicyclic) bond motifs is 3. The lowest BCUT2D eigenvalue weighted by Gasteiger charge is -2.02. The van der Waals surface area contributed by atoms with E-state index in [4.69, 9.17) is 11.6 Å². The molecule has 3 aromatic rings. The highest BCUT2D eigenvalue weighted by atomic mass is 35.5. The van der Waals surface area contributed by atoms with Gasteiger partial charge in [-0.15, -0.1) is 11.6 Å². The Morgan fingerprint density at radius 3 is 2.84 bits per heavy atom. The van der Waals surface area contributed by atoms with Crippen LogP contribution in [0.5, 0.6) is 0 Å². The molecule has 4 nitrogen and oxygen atoms in total. The van der Waals surface area contributed by atoms with Crippen LogP contribution in [0, 0.1) is 0 Å². The average molecular weight is 276 g/mol. The molecule has 0 aliphatic carbocycles. The molecule has 0 saturated heterocycles. The normalized spacial score (nSPS) is 11.4. The zero-order valence-electron chi connectivity index (χ0n) is 10.4. The van der Waals surface area contributed by atoms with E-state index in [1.807, 2.05) is 24.3 Å². The molecular formula is C14H14ClN3O. The summed E-state index contributed by atoms with van der Waals surface area (Å²) in [6.07, 6.45) is 4.25. The Morgan fingerprint density at radius 2 is 2.00 bits per heavy atom. The van der Waals surface area contributed by atoms with Gasteiger partial charge in [-0.2, -0.15) is 4.73 Å². The molecule has 3 rings (SSSR count). The molecule has 0 amide bonds. The Kier molecular flexibility index (Phi) is 3.25. The first-order chi connectivity index (χ1) is 9.31. The van der Waals surface area contributed by atoms with Crippen molar-refractivity contribution in [3.8, 4) is 0 Å². The molecule has 2 aromatic heterocycles. The number of alkyl halides is 1. The maximum atomic E-state index is 10.3. The number of nitrogens with zero attached hydrogens (tertiary/aromatic N) is 3. The number of hydrogen-bond acceptors (Lipinski definition) is 3. The third-order valence-corrected chi connectivity index (χ3v) is 3.48. The van der Waals surface area contributed by atoms with Gasteiger partial charge in [-0.1, -0.05) is 18.2 Å². The summed E-state index contributed by atoms with van der Waals surface area (Å²) < 4.78 is 1.19. The number of imidazole rings is 1. The van der Waals surface area contributed by atoms with Crippen molar-refractivity contribution >= 4 is 33.5 Å². The molecule has 0 aliphatic rings. The molecule has 0 fully saturated rings. The van der Waals surface area contributed by atoms with Crippen molar-refractivity contribution in [3.05, 3.63) is 36.3 Å². The van der Waals surface area contributed by atoms with Crippen molar-refractivity contribution in [1.82, 2.24) is 14.7 Å². The molecular weight excluding hydrogens is 262 g/mol. The standard InChI is InChI=1S/C14H14ClN3O/c15-8-4-3-7-13-17-12-9-16-11-6-2-1-5-10(11)14(12)18(13)19/h1-2,5-6,9,19H,3-4,7-8H2. The second-order valence-corrected chi connectivity index (χ2v) is 4.87. The predicted octanol–water partition coefficient (Wildman–Crippen LogP) is 3.38. The van der Waals surface area contributed by atoms with Crippen molar-refractivity contribution in [2.24, 2.45) is 0 Å². The summed E-state index contributed by atoms with van der Waals surface area (Å²) >= 11 is 5.66. The number of hydrogen-bond donors (Lipinski definition) is 1.